The summed E-state index contributed by atoms with van der Waals surface area (Å²) < 4.78 is 69.9. The molecule has 1 fully saturated rings. The van der Waals surface area contributed by atoms with Crippen LogP contribution in [0.2, 0.25) is 0 Å². The molecule has 0 saturated heterocycles. The van der Waals surface area contributed by atoms with Gasteiger partial charge in [-0.1, -0.05) is 61.4 Å². The van der Waals surface area contributed by atoms with Gasteiger partial charge in [-0.25, -0.2) is 17.2 Å². The lowest BCUT2D eigenvalue weighted by molar-refractivity contribution is -0.140. The number of hydrogen-bond acceptors (Lipinski definition) is 6. The number of carbonyl (C=O) groups excluding carboxylic acids is 2. The quantitative estimate of drug-likeness (QED) is 0.207. The van der Waals surface area contributed by atoms with Gasteiger partial charge in [-0.05, 0) is 60.9 Å². The third-order valence-electron chi connectivity index (χ3n) is 8.77. The number of nitrogens with zero attached hydrogens (tertiary/aromatic N) is 2. The first kappa shape index (κ1) is 33.9. The highest BCUT2D eigenvalue weighted by Crippen LogP contribution is 2.34. The van der Waals surface area contributed by atoms with Crippen molar-refractivity contribution in [2.45, 2.75) is 55.6 Å². The number of carbonyl (C=O) groups is 2. The minimum absolute atomic E-state index is 0.0190. The zero-order valence-electron chi connectivity index (χ0n) is 26.8. The maximum absolute atomic E-state index is 15.1. The first-order valence-corrected chi connectivity index (χ1v) is 17.7. The van der Waals surface area contributed by atoms with Crippen LogP contribution < -0.4 is 19.1 Å². The van der Waals surface area contributed by atoms with Gasteiger partial charge in [0.1, 0.15) is 37.4 Å². The number of sulfonamides is 1. The lowest BCUT2D eigenvalue weighted by atomic mass is 10.0. The summed E-state index contributed by atoms with van der Waals surface area (Å²) in [5.74, 6) is -1.73. The SMILES string of the molecule is O=C(NC1CCCC1)[C@H](Cc1ccccc1)N(Cc1ccccc1F)C(=O)CN(c1ccc(F)cc1)S(=O)(=O)c1ccc2c(c1)OCCO2. The van der Waals surface area contributed by atoms with Gasteiger partial charge in [-0.15, -0.1) is 0 Å². The van der Waals surface area contributed by atoms with Gasteiger partial charge in [0, 0.05) is 30.6 Å². The van der Waals surface area contributed by atoms with E-state index in [2.05, 4.69) is 5.32 Å². The Labute approximate surface area is 284 Å². The standard InChI is InChI=1S/C37H37F2N3O6S/c38-28-14-16-30(17-15-28)42(49(45,46)31-18-19-34-35(23-31)48-21-20-47-34)25-36(43)41(24-27-10-4-7-13-32(27)39)33(22-26-8-2-1-3-9-26)37(44)40-29-11-5-6-12-29/h1-4,7-10,13-19,23,29,33H,5-6,11-12,20-22,24-25H2,(H,40,44)/t33-/m0/s1. The van der Waals surface area contributed by atoms with Crippen LogP contribution in [-0.4, -0.2) is 57.0 Å². The van der Waals surface area contributed by atoms with Gasteiger partial charge in [-0.2, -0.15) is 0 Å². The van der Waals surface area contributed by atoms with Crippen LogP contribution in [0.3, 0.4) is 0 Å². The molecule has 4 aromatic carbocycles. The molecule has 0 bridgehead atoms. The Morgan fingerprint density at radius 2 is 1.51 bits per heavy atom. The second-order valence-electron chi connectivity index (χ2n) is 12.1. The van der Waals surface area contributed by atoms with Gasteiger partial charge < -0.3 is 19.7 Å². The van der Waals surface area contributed by atoms with Crippen molar-refractivity contribution in [3.05, 3.63) is 120 Å². The van der Waals surface area contributed by atoms with Gasteiger partial charge in [-0.3, -0.25) is 13.9 Å². The van der Waals surface area contributed by atoms with E-state index in [1.807, 2.05) is 30.3 Å². The van der Waals surface area contributed by atoms with Crippen molar-refractivity contribution >= 4 is 27.5 Å². The molecule has 256 valence electrons. The number of rotatable bonds is 12. The van der Waals surface area contributed by atoms with Crippen LogP contribution in [0, 0.1) is 11.6 Å². The Balaban J connectivity index is 1.40. The predicted octanol–water partition coefficient (Wildman–Crippen LogP) is 5.63. The van der Waals surface area contributed by atoms with Crippen molar-refractivity contribution in [2.75, 3.05) is 24.1 Å². The van der Waals surface area contributed by atoms with Gasteiger partial charge in [0.05, 0.1) is 10.6 Å². The molecule has 0 radical (unpaired) electrons. The fourth-order valence-electron chi connectivity index (χ4n) is 6.18. The molecule has 2 aliphatic rings. The molecule has 0 unspecified atom stereocenters. The van der Waals surface area contributed by atoms with Crippen molar-refractivity contribution in [1.29, 1.82) is 0 Å². The average molecular weight is 690 g/mol. The summed E-state index contributed by atoms with van der Waals surface area (Å²) in [6.45, 7) is -0.527. The number of ether oxygens (including phenoxy) is 2. The molecule has 6 rings (SSSR count). The summed E-state index contributed by atoms with van der Waals surface area (Å²) in [5.41, 5.74) is 0.941. The molecule has 1 heterocycles. The van der Waals surface area contributed by atoms with Crippen molar-refractivity contribution < 1.29 is 36.3 Å². The molecule has 1 aliphatic heterocycles. The minimum atomic E-state index is -4.48. The third kappa shape index (κ3) is 8.02. The monoisotopic (exact) mass is 689 g/mol. The first-order chi connectivity index (χ1) is 23.7. The fourth-order valence-corrected chi connectivity index (χ4v) is 7.61. The van der Waals surface area contributed by atoms with E-state index >= 15 is 4.39 Å². The molecule has 1 N–H and O–H groups in total. The Kier molecular flexibility index (Phi) is 10.4. The maximum atomic E-state index is 15.1. The molecule has 12 heteroatoms. The van der Waals surface area contributed by atoms with Crippen molar-refractivity contribution in [3.8, 4) is 11.5 Å². The van der Waals surface area contributed by atoms with Crippen LogP contribution in [0.25, 0.3) is 0 Å². The molecule has 1 aliphatic carbocycles. The van der Waals surface area contributed by atoms with Gasteiger partial charge in [0.2, 0.25) is 11.8 Å². The lowest BCUT2D eigenvalue weighted by Crippen LogP contribution is -2.54. The van der Waals surface area contributed by atoms with E-state index in [1.165, 1.54) is 53.4 Å². The van der Waals surface area contributed by atoms with Crippen molar-refractivity contribution in [1.82, 2.24) is 10.2 Å². The normalized spacial score (nSPS) is 15.0. The van der Waals surface area contributed by atoms with Crippen LogP contribution in [0.5, 0.6) is 11.5 Å². The number of nitrogens with one attached hydrogen (secondary N) is 1. The molecular formula is C37H37F2N3O6S. The summed E-state index contributed by atoms with van der Waals surface area (Å²) in [5, 5.41) is 3.09. The molecule has 0 aromatic heterocycles. The van der Waals surface area contributed by atoms with Gasteiger partial charge in [0.25, 0.3) is 10.0 Å². The van der Waals surface area contributed by atoms with Crippen molar-refractivity contribution in [3.63, 3.8) is 0 Å². The largest absolute Gasteiger partial charge is 0.486 e. The van der Waals surface area contributed by atoms with E-state index in [4.69, 9.17) is 9.47 Å². The number of benzene rings is 4. The first-order valence-electron chi connectivity index (χ1n) is 16.2. The number of anilines is 1. The Hall–Kier alpha value is -4.97. The van der Waals surface area contributed by atoms with E-state index in [0.717, 1.165) is 47.7 Å². The van der Waals surface area contributed by atoms with E-state index in [-0.39, 0.29) is 47.5 Å². The van der Waals surface area contributed by atoms with E-state index in [0.29, 0.717) is 12.4 Å². The second kappa shape index (κ2) is 15.1. The van der Waals surface area contributed by atoms with Crippen LogP contribution >= 0.6 is 0 Å². The second-order valence-corrected chi connectivity index (χ2v) is 14.0. The highest BCUT2D eigenvalue weighted by atomic mass is 32.2. The number of halogens is 2. The molecular weight excluding hydrogens is 652 g/mol. The Bertz CT molecular complexity index is 1890. The Morgan fingerprint density at radius 3 is 2.22 bits per heavy atom. The van der Waals surface area contributed by atoms with Crippen LogP contribution in [0.1, 0.15) is 36.8 Å². The highest BCUT2D eigenvalue weighted by Gasteiger charge is 2.36. The number of fused-ring (bicyclic) bond motifs is 1. The molecule has 1 atom stereocenters. The van der Waals surface area contributed by atoms with Crippen LogP contribution in [-0.2, 0) is 32.6 Å². The van der Waals surface area contributed by atoms with E-state index in [9.17, 15) is 22.4 Å². The number of hydrogen-bond donors (Lipinski definition) is 1. The predicted molar refractivity (Wildman–Crippen MR) is 180 cm³/mol. The molecule has 9 nitrogen and oxygen atoms in total. The summed E-state index contributed by atoms with van der Waals surface area (Å²) in [7, 11) is -4.48. The molecule has 4 aromatic rings. The minimum Gasteiger partial charge on any atom is -0.486 e. The molecule has 1 saturated carbocycles. The zero-order chi connectivity index (χ0) is 34.4. The smallest absolute Gasteiger partial charge is 0.264 e. The average Bonchev–Trinajstić information content (AvgIpc) is 3.63. The fraction of sp³-hybridized carbons (Fsp3) is 0.297. The molecule has 0 spiro atoms. The molecule has 49 heavy (non-hydrogen) atoms. The summed E-state index contributed by atoms with van der Waals surface area (Å²) in [6, 6.07) is 22.7. The number of amides is 2. The molecule has 2 amide bonds. The summed E-state index contributed by atoms with van der Waals surface area (Å²) in [6.07, 6.45) is 3.65. The van der Waals surface area contributed by atoms with Crippen molar-refractivity contribution in [2.24, 2.45) is 0 Å². The zero-order valence-corrected chi connectivity index (χ0v) is 27.6. The summed E-state index contributed by atoms with van der Waals surface area (Å²) in [4.78, 5) is 29.7. The topological polar surface area (TPSA) is 105 Å². The van der Waals surface area contributed by atoms with Gasteiger partial charge in [0.15, 0.2) is 11.5 Å². The van der Waals surface area contributed by atoms with E-state index in [1.54, 1.807) is 6.07 Å². The maximum Gasteiger partial charge on any atom is 0.264 e. The van der Waals surface area contributed by atoms with E-state index < -0.39 is 46.1 Å². The highest BCUT2D eigenvalue weighted by molar-refractivity contribution is 7.92. The lowest BCUT2D eigenvalue weighted by Gasteiger charge is -2.34. The van der Waals surface area contributed by atoms with Gasteiger partial charge >= 0.3 is 0 Å². The van der Waals surface area contributed by atoms with Crippen LogP contribution in [0.4, 0.5) is 14.5 Å². The van der Waals surface area contributed by atoms with Crippen LogP contribution in [0.15, 0.2) is 102 Å². The third-order valence-corrected chi connectivity index (χ3v) is 10.5. The summed E-state index contributed by atoms with van der Waals surface area (Å²) >= 11 is 0. The Morgan fingerprint density at radius 1 is 0.837 bits per heavy atom.